The first-order valence-electron chi connectivity index (χ1n) is 7.18. The number of benzene rings is 1. The van der Waals surface area contributed by atoms with Crippen LogP contribution in [0, 0.1) is 0 Å². The molecule has 2 saturated heterocycles. The predicted octanol–water partition coefficient (Wildman–Crippen LogP) is 3.47. The summed E-state index contributed by atoms with van der Waals surface area (Å²) in [5, 5.41) is 4.41. The van der Waals surface area contributed by atoms with Crippen LogP contribution in [-0.2, 0) is 0 Å². The van der Waals surface area contributed by atoms with Crippen molar-refractivity contribution in [2.45, 2.75) is 43.3 Å². The second-order valence-electron chi connectivity index (χ2n) is 6.20. The minimum Gasteiger partial charge on any atom is -0.378 e. The van der Waals surface area contributed by atoms with E-state index in [1.807, 2.05) is 12.1 Å². The maximum absolute atomic E-state index is 6.19. The lowest BCUT2D eigenvalue weighted by atomic mass is 9.82. The van der Waals surface area contributed by atoms with Gasteiger partial charge in [0.25, 0.3) is 0 Å². The number of nitrogens with one attached hydrogen (secondary N) is 1. The monoisotopic (exact) mass is 357 g/mol. The Morgan fingerprint density at radius 1 is 1.40 bits per heavy atom. The summed E-state index contributed by atoms with van der Waals surface area (Å²) in [6.07, 6.45) is 4.83. The molecule has 2 fully saturated rings. The van der Waals surface area contributed by atoms with Crippen molar-refractivity contribution in [2.75, 3.05) is 18.9 Å². The number of halogens is 2. The molecule has 0 amide bonds. The van der Waals surface area contributed by atoms with E-state index in [4.69, 9.17) is 17.3 Å². The van der Waals surface area contributed by atoms with Crippen LogP contribution >= 0.6 is 27.5 Å². The number of nitrogens with zero attached hydrogens (tertiary/aromatic N) is 1. The normalized spacial score (nSPS) is 33.4. The molecule has 1 aromatic rings. The lowest BCUT2D eigenvalue weighted by Gasteiger charge is -2.46. The van der Waals surface area contributed by atoms with Crippen molar-refractivity contribution in [2.24, 2.45) is 5.73 Å². The van der Waals surface area contributed by atoms with E-state index in [0.717, 1.165) is 28.0 Å². The van der Waals surface area contributed by atoms with E-state index in [1.165, 1.54) is 12.8 Å². The molecule has 0 aromatic heterocycles. The Labute approximate surface area is 134 Å². The zero-order chi connectivity index (χ0) is 14.3. The number of nitrogens with two attached hydrogens (primary N) is 1. The van der Waals surface area contributed by atoms with E-state index in [2.05, 4.69) is 39.3 Å². The van der Waals surface area contributed by atoms with Gasteiger partial charge in [-0.25, -0.2) is 0 Å². The highest BCUT2D eigenvalue weighted by atomic mass is 79.9. The lowest BCUT2D eigenvalue weighted by Crippen LogP contribution is -2.57. The van der Waals surface area contributed by atoms with Gasteiger partial charge in [-0.1, -0.05) is 11.6 Å². The number of anilines is 1. The van der Waals surface area contributed by atoms with Crippen LogP contribution in [-0.4, -0.2) is 36.1 Å². The van der Waals surface area contributed by atoms with E-state index < -0.39 is 0 Å². The van der Waals surface area contributed by atoms with E-state index in [0.29, 0.717) is 18.6 Å². The SMILES string of the molecule is CN1C2CCC1CC(CN)(Nc1ccc(Br)c(Cl)c1)C2. The minimum absolute atomic E-state index is 0.00943. The second kappa shape index (κ2) is 5.48. The Hall–Kier alpha value is -0.290. The molecule has 0 saturated carbocycles. The summed E-state index contributed by atoms with van der Waals surface area (Å²) < 4.78 is 0.926. The van der Waals surface area contributed by atoms with Crippen molar-refractivity contribution in [1.82, 2.24) is 4.90 Å². The summed E-state index contributed by atoms with van der Waals surface area (Å²) in [6, 6.07) is 7.35. The molecule has 3 rings (SSSR count). The lowest BCUT2D eigenvalue weighted by molar-refractivity contribution is 0.127. The molecule has 2 unspecified atom stereocenters. The van der Waals surface area contributed by atoms with Crippen molar-refractivity contribution in [3.05, 3.63) is 27.7 Å². The first-order valence-corrected chi connectivity index (χ1v) is 8.35. The molecule has 2 aliphatic rings. The van der Waals surface area contributed by atoms with Crippen LogP contribution in [0.3, 0.4) is 0 Å². The summed E-state index contributed by atoms with van der Waals surface area (Å²) in [4.78, 5) is 2.53. The predicted molar refractivity (Wildman–Crippen MR) is 88.4 cm³/mol. The van der Waals surface area contributed by atoms with Gasteiger partial charge in [-0.3, -0.25) is 0 Å². The summed E-state index contributed by atoms with van der Waals surface area (Å²) >= 11 is 9.62. The van der Waals surface area contributed by atoms with Crippen molar-refractivity contribution < 1.29 is 0 Å². The highest BCUT2D eigenvalue weighted by Crippen LogP contribution is 2.41. The number of fused-ring (bicyclic) bond motifs is 2. The van der Waals surface area contributed by atoms with Gasteiger partial charge in [0, 0.05) is 28.8 Å². The number of rotatable bonds is 3. The Balaban J connectivity index is 1.81. The maximum Gasteiger partial charge on any atom is 0.0568 e. The Kier molecular flexibility index (Phi) is 4.01. The zero-order valence-electron chi connectivity index (χ0n) is 11.7. The fourth-order valence-corrected chi connectivity index (χ4v) is 4.19. The van der Waals surface area contributed by atoms with E-state index in [9.17, 15) is 0 Å². The molecule has 110 valence electrons. The second-order valence-corrected chi connectivity index (χ2v) is 7.46. The standard InChI is InChI=1S/C15H21BrClN3/c1-20-11-3-4-12(20)8-15(7-11,9-18)19-10-2-5-13(16)14(17)6-10/h2,5-6,11-12,19H,3-4,7-9,18H2,1H3. The molecule has 3 nitrogen and oxygen atoms in total. The van der Waals surface area contributed by atoms with Gasteiger partial charge in [-0.05, 0) is 66.9 Å². The average Bonchev–Trinajstić information content (AvgIpc) is 2.65. The Morgan fingerprint density at radius 2 is 2.05 bits per heavy atom. The van der Waals surface area contributed by atoms with Crippen LogP contribution < -0.4 is 11.1 Å². The third-order valence-corrected chi connectivity index (χ3v) is 6.19. The molecule has 2 aliphatic heterocycles. The van der Waals surface area contributed by atoms with Crippen molar-refractivity contribution in [1.29, 1.82) is 0 Å². The Bertz CT molecular complexity index is 494. The van der Waals surface area contributed by atoms with Gasteiger partial charge in [-0.2, -0.15) is 0 Å². The largest absolute Gasteiger partial charge is 0.378 e. The van der Waals surface area contributed by atoms with Gasteiger partial charge in [0.15, 0.2) is 0 Å². The number of hydrogen-bond donors (Lipinski definition) is 2. The smallest absolute Gasteiger partial charge is 0.0568 e. The third-order valence-electron chi connectivity index (χ3n) is 4.96. The van der Waals surface area contributed by atoms with Crippen LogP contribution in [0.25, 0.3) is 0 Å². The van der Waals surface area contributed by atoms with Gasteiger partial charge in [0.2, 0.25) is 0 Å². The van der Waals surface area contributed by atoms with Gasteiger partial charge < -0.3 is 16.0 Å². The molecule has 0 aliphatic carbocycles. The Morgan fingerprint density at radius 3 is 2.60 bits per heavy atom. The minimum atomic E-state index is 0.00943. The molecular formula is C15H21BrClN3. The average molecular weight is 359 g/mol. The van der Waals surface area contributed by atoms with Gasteiger partial charge in [-0.15, -0.1) is 0 Å². The number of hydrogen-bond acceptors (Lipinski definition) is 3. The summed E-state index contributed by atoms with van der Waals surface area (Å²) in [6.45, 7) is 0.668. The summed E-state index contributed by atoms with van der Waals surface area (Å²) in [5.74, 6) is 0. The molecule has 2 bridgehead atoms. The molecule has 5 heteroatoms. The van der Waals surface area contributed by atoms with Crippen LogP contribution in [0.2, 0.25) is 5.02 Å². The highest BCUT2D eigenvalue weighted by Gasteiger charge is 2.46. The molecule has 0 radical (unpaired) electrons. The van der Waals surface area contributed by atoms with E-state index in [-0.39, 0.29) is 5.54 Å². The molecule has 3 N–H and O–H groups in total. The molecule has 20 heavy (non-hydrogen) atoms. The third kappa shape index (κ3) is 2.59. The molecular weight excluding hydrogens is 338 g/mol. The van der Waals surface area contributed by atoms with Crippen molar-refractivity contribution >= 4 is 33.2 Å². The van der Waals surface area contributed by atoms with E-state index >= 15 is 0 Å². The van der Waals surface area contributed by atoms with E-state index in [1.54, 1.807) is 0 Å². The molecule has 2 atom stereocenters. The molecule has 2 heterocycles. The van der Waals surface area contributed by atoms with Gasteiger partial charge >= 0.3 is 0 Å². The summed E-state index contributed by atoms with van der Waals surface area (Å²) in [5.41, 5.74) is 7.20. The van der Waals surface area contributed by atoms with Crippen LogP contribution in [0.15, 0.2) is 22.7 Å². The molecule has 0 spiro atoms. The zero-order valence-corrected chi connectivity index (χ0v) is 14.0. The van der Waals surface area contributed by atoms with Gasteiger partial charge in [0.05, 0.1) is 10.6 Å². The first-order chi connectivity index (χ1) is 9.53. The van der Waals surface area contributed by atoms with Gasteiger partial charge in [0.1, 0.15) is 0 Å². The summed E-state index contributed by atoms with van der Waals surface area (Å²) in [7, 11) is 2.25. The number of piperidine rings is 1. The van der Waals surface area contributed by atoms with Crippen LogP contribution in [0.1, 0.15) is 25.7 Å². The highest BCUT2D eigenvalue weighted by molar-refractivity contribution is 9.10. The fourth-order valence-electron chi connectivity index (χ4n) is 3.77. The quantitative estimate of drug-likeness (QED) is 0.869. The van der Waals surface area contributed by atoms with Crippen LogP contribution in [0.5, 0.6) is 0 Å². The topological polar surface area (TPSA) is 41.3 Å². The van der Waals surface area contributed by atoms with Crippen molar-refractivity contribution in [3.8, 4) is 0 Å². The van der Waals surface area contributed by atoms with Crippen LogP contribution in [0.4, 0.5) is 5.69 Å². The fraction of sp³-hybridized carbons (Fsp3) is 0.600. The van der Waals surface area contributed by atoms with Crippen molar-refractivity contribution in [3.63, 3.8) is 0 Å². The maximum atomic E-state index is 6.19. The first kappa shape index (κ1) is 14.6. The molecule has 1 aromatic carbocycles.